The number of ether oxygens (including phenoxy) is 1. The smallest absolute Gasteiger partial charge is 0.325 e. The highest BCUT2D eigenvalue weighted by Crippen LogP contribution is 2.33. The van der Waals surface area contributed by atoms with Crippen LogP contribution in [-0.4, -0.2) is 47.0 Å². The Hall–Kier alpha value is -1.76. The minimum Gasteiger partial charge on any atom is -0.492 e. The average Bonchev–Trinajstić information content (AvgIpc) is 3.02. The standard InChI is InChI=1S/C14H15FN2O3S/c15-10-1-3-11(4-2-10)20-7-6-17-12(18)14(16-13(17)19)5-8-21-9-14/h1-4H,5-9H2,(H,16,19)/t14-/m0/s1. The highest BCUT2D eigenvalue weighted by molar-refractivity contribution is 7.99. The van der Waals surface area contributed by atoms with Crippen LogP contribution in [0.3, 0.4) is 0 Å². The van der Waals surface area contributed by atoms with Crippen LogP contribution in [0, 0.1) is 5.82 Å². The van der Waals surface area contributed by atoms with Crippen LogP contribution in [0.15, 0.2) is 24.3 Å². The third-order valence-electron chi connectivity index (χ3n) is 3.66. The van der Waals surface area contributed by atoms with E-state index in [2.05, 4.69) is 5.32 Å². The summed E-state index contributed by atoms with van der Waals surface area (Å²) in [5.74, 6) is 1.52. The number of nitrogens with zero attached hydrogens (tertiary/aromatic N) is 1. The Morgan fingerprint density at radius 2 is 2.10 bits per heavy atom. The van der Waals surface area contributed by atoms with Gasteiger partial charge in [-0.1, -0.05) is 0 Å². The molecule has 2 aliphatic rings. The van der Waals surface area contributed by atoms with E-state index in [1.54, 1.807) is 11.8 Å². The molecule has 112 valence electrons. The number of hydrogen-bond acceptors (Lipinski definition) is 4. The van der Waals surface area contributed by atoms with E-state index in [0.717, 1.165) is 5.75 Å². The van der Waals surface area contributed by atoms with Gasteiger partial charge in [0.15, 0.2) is 0 Å². The van der Waals surface area contributed by atoms with Gasteiger partial charge in [-0.05, 0) is 36.4 Å². The monoisotopic (exact) mass is 310 g/mol. The highest BCUT2D eigenvalue weighted by Gasteiger charge is 2.52. The molecule has 0 unspecified atom stereocenters. The molecule has 0 aliphatic carbocycles. The van der Waals surface area contributed by atoms with Crippen molar-refractivity contribution in [2.24, 2.45) is 0 Å². The number of rotatable bonds is 4. The summed E-state index contributed by atoms with van der Waals surface area (Å²) in [5, 5.41) is 2.80. The molecule has 0 radical (unpaired) electrons. The van der Waals surface area contributed by atoms with Crippen molar-refractivity contribution in [3.63, 3.8) is 0 Å². The molecular formula is C14H15FN2O3S. The van der Waals surface area contributed by atoms with E-state index >= 15 is 0 Å². The zero-order chi connectivity index (χ0) is 14.9. The maximum absolute atomic E-state index is 12.8. The van der Waals surface area contributed by atoms with Gasteiger partial charge in [0, 0.05) is 5.75 Å². The summed E-state index contributed by atoms with van der Waals surface area (Å²) in [7, 11) is 0. The number of thioether (sulfide) groups is 1. The second-order valence-electron chi connectivity index (χ2n) is 5.07. The molecule has 0 aromatic heterocycles. The molecule has 1 N–H and O–H groups in total. The van der Waals surface area contributed by atoms with Crippen molar-refractivity contribution in [3.05, 3.63) is 30.1 Å². The van der Waals surface area contributed by atoms with E-state index in [1.807, 2.05) is 0 Å². The number of carbonyl (C=O) groups is 2. The Morgan fingerprint density at radius 1 is 1.33 bits per heavy atom. The molecule has 1 aromatic carbocycles. The molecule has 2 aliphatic heterocycles. The Kier molecular flexibility index (Phi) is 3.75. The maximum Gasteiger partial charge on any atom is 0.325 e. The van der Waals surface area contributed by atoms with Crippen molar-refractivity contribution >= 4 is 23.7 Å². The average molecular weight is 310 g/mol. The number of urea groups is 1. The fraction of sp³-hybridized carbons (Fsp3) is 0.429. The number of benzene rings is 1. The maximum atomic E-state index is 12.8. The summed E-state index contributed by atoms with van der Waals surface area (Å²) in [6, 6.07) is 5.26. The summed E-state index contributed by atoms with van der Waals surface area (Å²) < 4.78 is 18.2. The number of imide groups is 1. The second-order valence-corrected chi connectivity index (χ2v) is 6.18. The van der Waals surface area contributed by atoms with Crippen molar-refractivity contribution in [1.29, 1.82) is 0 Å². The zero-order valence-electron chi connectivity index (χ0n) is 11.3. The van der Waals surface area contributed by atoms with Crippen molar-refractivity contribution in [1.82, 2.24) is 10.2 Å². The first-order valence-electron chi connectivity index (χ1n) is 6.71. The summed E-state index contributed by atoms with van der Waals surface area (Å²) in [6.45, 7) is 0.377. The van der Waals surface area contributed by atoms with Crippen LogP contribution < -0.4 is 10.1 Å². The lowest BCUT2D eigenvalue weighted by Gasteiger charge is -2.19. The molecule has 1 atom stereocenters. The van der Waals surface area contributed by atoms with Crippen LogP contribution in [-0.2, 0) is 4.79 Å². The van der Waals surface area contributed by atoms with Crippen LogP contribution in [0.2, 0.25) is 0 Å². The van der Waals surface area contributed by atoms with Crippen LogP contribution in [0.1, 0.15) is 6.42 Å². The molecule has 2 saturated heterocycles. The van der Waals surface area contributed by atoms with Gasteiger partial charge < -0.3 is 10.1 Å². The fourth-order valence-electron chi connectivity index (χ4n) is 2.50. The lowest BCUT2D eigenvalue weighted by molar-refractivity contribution is -0.130. The molecule has 0 saturated carbocycles. The Balaban J connectivity index is 1.56. The first kappa shape index (κ1) is 14.2. The molecule has 2 fully saturated rings. The van der Waals surface area contributed by atoms with Gasteiger partial charge in [-0.15, -0.1) is 0 Å². The third-order valence-corrected chi connectivity index (χ3v) is 4.85. The largest absolute Gasteiger partial charge is 0.492 e. The number of amides is 3. The normalized spacial score (nSPS) is 24.7. The van der Waals surface area contributed by atoms with Crippen molar-refractivity contribution in [3.8, 4) is 5.75 Å². The minimum atomic E-state index is -0.711. The van der Waals surface area contributed by atoms with Crippen LogP contribution >= 0.6 is 11.8 Å². The predicted molar refractivity (Wildman–Crippen MR) is 76.8 cm³/mol. The summed E-state index contributed by atoms with van der Waals surface area (Å²) in [5.41, 5.74) is -0.711. The molecule has 1 aromatic rings. The van der Waals surface area contributed by atoms with E-state index in [1.165, 1.54) is 29.2 Å². The lowest BCUT2D eigenvalue weighted by Crippen LogP contribution is -2.47. The van der Waals surface area contributed by atoms with Crippen LogP contribution in [0.5, 0.6) is 5.75 Å². The summed E-state index contributed by atoms with van der Waals surface area (Å²) >= 11 is 1.67. The van der Waals surface area contributed by atoms with Crippen molar-refractivity contribution < 1.29 is 18.7 Å². The molecule has 1 spiro atoms. The van der Waals surface area contributed by atoms with E-state index in [0.29, 0.717) is 17.9 Å². The molecule has 5 nitrogen and oxygen atoms in total. The zero-order valence-corrected chi connectivity index (χ0v) is 12.1. The van der Waals surface area contributed by atoms with Gasteiger partial charge in [-0.3, -0.25) is 9.69 Å². The Bertz CT molecular complexity index is 558. The third kappa shape index (κ3) is 2.70. The van der Waals surface area contributed by atoms with Crippen LogP contribution in [0.25, 0.3) is 0 Å². The van der Waals surface area contributed by atoms with E-state index in [4.69, 9.17) is 4.74 Å². The number of halogens is 1. The molecular weight excluding hydrogens is 295 g/mol. The number of hydrogen-bond donors (Lipinski definition) is 1. The predicted octanol–water partition coefficient (Wildman–Crippen LogP) is 1.63. The van der Waals surface area contributed by atoms with Gasteiger partial charge in [0.1, 0.15) is 23.7 Å². The Morgan fingerprint density at radius 3 is 2.76 bits per heavy atom. The van der Waals surface area contributed by atoms with E-state index in [-0.39, 0.29) is 30.9 Å². The summed E-state index contributed by atoms with van der Waals surface area (Å²) in [6.07, 6.45) is 0.678. The molecule has 7 heteroatoms. The van der Waals surface area contributed by atoms with Crippen LogP contribution in [0.4, 0.5) is 9.18 Å². The van der Waals surface area contributed by atoms with Crippen molar-refractivity contribution in [2.45, 2.75) is 12.0 Å². The molecule has 3 rings (SSSR count). The quantitative estimate of drug-likeness (QED) is 0.859. The molecule has 0 bridgehead atoms. The minimum absolute atomic E-state index is 0.166. The summed E-state index contributed by atoms with van der Waals surface area (Å²) in [4.78, 5) is 25.5. The fourth-order valence-corrected chi connectivity index (χ4v) is 3.82. The lowest BCUT2D eigenvalue weighted by atomic mass is 9.99. The van der Waals surface area contributed by atoms with Gasteiger partial charge in [0.05, 0.1) is 6.54 Å². The molecule has 2 heterocycles. The SMILES string of the molecule is O=C1N[C@]2(CCSC2)C(=O)N1CCOc1ccc(F)cc1. The van der Waals surface area contributed by atoms with Crippen molar-refractivity contribution in [2.75, 3.05) is 24.7 Å². The second kappa shape index (κ2) is 5.55. The van der Waals surface area contributed by atoms with E-state index < -0.39 is 5.54 Å². The first-order valence-corrected chi connectivity index (χ1v) is 7.86. The van der Waals surface area contributed by atoms with Gasteiger partial charge in [0.2, 0.25) is 0 Å². The van der Waals surface area contributed by atoms with Gasteiger partial charge in [0.25, 0.3) is 5.91 Å². The van der Waals surface area contributed by atoms with E-state index in [9.17, 15) is 14.0 Å². The van der Waals surface area contributed by atoms with Gasteiger partial charge >= 0.3 is 6.03 Å². The Labute approximate surface area is 125 Å². The van der Waals surface area contributed by atoms with Gasteiger partial charge in [-0.25, -0.2) is 9.18 Å². The molecule has 21 heavy (non-hydrogen) atoms. The number of carbonyl (C=O) groups excluding carboxylic acids is 2. The highest BCUT2D eigenvalue weighted by atomic mass is 32.2. The molecule has 3 amide bonds. The first-order chi connectivity index (χ1) is 10.1. The topological polar surface area (TPSA) is 58.6 Å². The van der Waals surface area contributed by atoms with Gasteiger partial charge in [-0.2, -0.15) is 11.8 Å². The number of nitrogens with one attached hydrogen (secondary N) is 1.